The zero-order valence-corrected chi connectivity index (χ0v) is 18.6. The van der Waals surface area contributed by atoms with Gasteiger partial charge in [0, 0.05) is 22.6 Å². The van der Waals surface area contributed by atoms with Crippen molar-refractivity contribution in [1.82, 2.24) is 19.8 Å². The summed E-state index contributed by atoms with van der Waals surface area (Å²) in [5, 5.41) is 2.94. The van der Waals surface area contributed by atoms with Gasteiger partial charge in [-0.1, -0.05) is 28.1 Å². The van der Waals surface area contributed by atoms with Crippen molar-refractivity contribution in [3.8, 4) is 0 Å². The van der Waals surface area contributed by atoms with Crippen LogP contribution in [0.1, 0.15) is 42.4 Å². The second-order valence-electron chi connectivity index (χ2n) is 7.72. The molecule has 6 nitrogen and oxygen atoms in total. The van der Waals surface area contributed by atoms with E-state index in [9.17, 15) is 9.59 Å². The van der Waals surface area contributed by atoms with Gasteiger partial charge in [-0.25, -0.2) is 4.98 Å². The van der Waals surface area contributed by atoms with Gasteiger partial charge in [-0.05, 0) is 62.6 Å². The Labute approximate surface area is 184 Å². The van der Waals surface area contributed by atoms with Gasteiger partial charge in [0.05, 0.1) is 17.6 Å². The lowest BCUT2D eigenvalue weighted by Crippen LogP contribution is -2.43. The molecule has 0 aliphatic carbocycles. The van der Waals surface area contributed by atoms with Gasteiger partial charge in [0.15, 0.2) is 0 Å². The van der Waals surface area contributed by atoms with Gasteiger partial charge < -0.3 is 14.8 Å². The highest BCUT2D eigenvalue weighted by Crippen LogP contribution is 2.20. The van der Waals surface area contributed by atoms with Crippen LogP contribution >= 0.6 is 15.9 Å². The quantitative estimate of drug-likeness (QED) is 0.611. The van der Waals surface area contributed by atoms with E-state index in [4.69, 9.17) is 0 Å². The number of nitrogens with zero attached hydrogens (tertiary/aromatic N) is 3. The van der Waals surface area contributed by atoms with Crippen LogP contribution in [0, 0.1) is 0 Å². The van der Waals surface area contributed by atoms with E-state index in [0.717, 1.165) is 34.9 Å². The summed E-state index contributed by atoms with van der Waals surface area (Å²) in [5.74, 6) is 0.614. The molecule has 156 valence electrons. The number of amides is 2. The van der Waals surface area contributed by atoms with Crippen LogP contribution in [-0.4, -0.2) is 38.9 Å². The van der Waals surface area contributed by atoms with Gasteiger partial charge in [0.25, 0.3) is 5.91 Å². The lowest BCUT2D eigenvalue weighted by molar-refractivity contribution is -0.135. The number of hydrogen-bond acceptors (Lipinski definition) is 3. The summed E-state index contributed by atoms with van der Waals surface area (Å²) in [7, 11) is 0. The monoisotopic (exact) mass is 468 g/mol. The summed E-state index contributed by atoms with van der Waals surface area (Å²) in [6, 6.07) is 15.2. The van der Waals surface area contributed by atoms with Crippen molar-refractivity contribution < 1.29 is 9.59 Å². The number of aromatic nitrogens is 2. The van der Waals surface area contributed by atoms with Gasteiger partial charge in [-0.2, -0.15) is 0 Å². The van der Waals surface area contributed by atoms with Crippen LogP contribution in [0.25, 0.3) is 11.0 Å². The van der Waals surface area contributed by atoms with Crippen LogP contribution in [-0.2, 0) is 17.9 Å². The smallest absolute Gasteiger partial charge is 0.251 e. The SMILES string of the molecule is CC1CCCCN1C(=O)Cn1c(CNC(=O)c2ccc(Br)cc2)nc2ccccc21. The summed E-state index contributed by atoms with van der Waals surface area (Å²) < 4.78 is 2.85. The molecule has 3 aromatic rings. The highest BCUT2D eigenvalue weighted by atomic mass is 79.9. The normalized spacial score (nSPS) is 16.6. The van der Waals surface area contributed by atoms with E-state index >= 15 is 0 Å². The molecule has 1 unspecified atom stereocenters. The highest BCUT2D eigenvalue weighted by Gasteiger charge is 2.24. The predicted octanol–water partition coefficient (Wildman–Crippen LogP) is 4.13. The molecule has 4 rings (SSSR count). The van der Waals surface area contributed by atoms with E-state index < -0.39 is 0 Å². The van der Waals surface area contributed by atoms with Crippen molar-refractivity contribution in [3.63, 3.8) is 0 Å². The number of piperidine rings is 1. The zero-order valence-electron chi connectivity index (χ0n) is 17.0. The summed E-state index contributed by atoms with van der Waals surface area (Å²) in [6.07, 6.45) is 3.27. The van der Waals surface area contributed by atoms with Gasteiger partial charge in [0.2, 0.25) is 5.91 Å². The van der Waals surface area contributed by atoms with E-state index in [2.05, 4.69) is 33.2 Å². The van der Waals surface area contributed by atoms with Crippen molar-refractivity contribution in [2.24, 2.45) is 0 Å². The molecule has 2 heterocycles. The Morgan fingerprint density at radius 2 is 1.90 bits per heavy atom. The standard InChI is InChI=1S/C23H25BrN4O2/c1-16-6-4-5-13-27(16)22(29)15-28-20-8-3-2-7-19(20)26-21(28)14-25-23(30)17-9-11-18(24)12-10-17/h2-3,7-12,16H,4-6,13-15H2,1H3,(H,25,30). The fourth-order valence-electron chi connectivity index (χ4n) is 3.99. The maximum Gasteiger partial charge on any atom is 0.251 e. The van der Waals surface area contributed by atoms with Gasteiger partial charge in [-0.3, -0.25) is 9.59 Å². The maximum atomic E-state index is 13.0. The number of benzene rings is 2. The minimum atomic E-state index is -0.169. The number of halogens is 1. The first-order valence-corrected chi connectivity index (χ1v) is 11.1. The molecular weight excluding hydrogens is 444 g/mol. The molecule has 2 aromatic carbocycles. The van der Waals surface area contributed by atoms with Crippen molar-refractivity contribution in [3.05, 3.63) is 64.4 Å². The fraction of sp³-hybridized carbons (Fsp3) is 0.348. The second-order valence-corrected chi connectivity index (χ2v) is 8.64. The summed E-state index contributed by atoms with van der Waals surface area (Å²) in [4.78, 5) is 32.2. The van der Waals surface area contributed by atoms with Gasteiger partial charge >= 0.3 is 0 Å². The molecule has 1 atom stereocenters. The molecule has 0 radical (unpaired) electrons. The highest BCUT2D eigenvalue weighted by molar-refractivity contribution is 9.10. The maximum absolute atomic E-state index is 13.0. The molecule has 30 heavy (non-hydrogen) atoms. The third-order valence-electron chi connectivity index (χ3n) is 5.66. The third-order valence-corrected chi connectivity index (χ3v) is 6.19. The first-order valence-electron chi connectivity index (χ1n) is 10.3. The van der Waals surface area contributed by atoms with Crippen LogP contribution < -0.4 is 5.32 Å². The minimum absolute atomic E-state index is 0.103. The number of likely N-dealkylation sites (tertiary alicyclic amines) is 1. The molecule has 0 bridgehead atoms. The Balaban J connectivity index is 1.54. The van der Waals surface area contributed by atoms with E-state index in [1.54, 1.807) is 12.1 Å². The molecule has 1 N–H and O–H groups in total. The lowest BCUT2D eigenvalue weighted by Gasteiger charge is -2.33. The average molecular weight is 469 g/mol. The Bertz CT molecular complexity index is 1060. The fourth-order valence-corrected chi connectivity index (χ4v) is 4.26. The van der Waals surface area contributed by atoms with E-state index in [-0.39, 0.29) is 30.9 Å². The molecule has 1 aliphatic heterocycles. The molecule has 1 aromatic heterocycles. The molecule has 7 heteroatoms. The number of carbonyl (C=O) groups excluding carboxylic acids is 2. The largest absolute Gasteiger partial charge is 0.345 e. The van der Waals surface area contributed by atoms with Crippen LogP contribution in [0.5, 0.6) is 0 Å². The number of fused-ring (bicyclic) bond motifs is 1. The molecule has 2 amide bonds. The molecule has 0 spiro atoms. The summed E-state index contributed by atoms with van der Waals surface area (Å²) in [6.45, 7) is 3.41. The molecule has 1 saturated heterocycles. The number of carbonyl (C=O) groups is 2. The van der Waals surface area contributed by atoms with Crippen LogP contribution in [0.3, 0.4) is 0 Å². The van der Waals surface area contributed by atoms with Crippen molar-refractivity contribution >= 4 is 38.8 Å². The number of para-hydroxylation sites is 2. The Morgan fingerprint density at radius 1 is 1.13 bits per heavy atom. The molecular formula is C23H25BrN4O2. The van der Waals surface area contributed by atoms with Crippen LogP contribution in [0.15, 0.2) is 53.0 Å². The average Bonchev–Trinajstić information content (AvgIpc) is 3.10. The van der Waals surface area contributed by atoms with Crippen LogP contribution in [0.4, 0.5) is 0 Å². The summed E-state index contributed by atoms with van der Waals surface area (Å²) >= 11 is 3.38. The predicted molar refractivity (Wildman–Crippen MR) is 120 cm³/mol. The zero-order chi connectivity index (χ0) is 21.1. The lowest BCUT2D eigenvalue weighted by atomic mass is 10.0. The Kier molecular flexibility index (Phi) is 6.18. The Hall–Kier alpha value is -2.67. The molecule has 1 aliphatic rings. The third kappa shape index (κ3) is 4.41. The first kappa shape index (κ1) is 20.6. The molecule has 1 fully saturated rings. The van der Waals surface area contributed by atoms with Crippen molar-refractivity contribution in [2.75, 3.05) is 6.54 Å². The topological polar surface area (TPSA) is 67.2 Å². The van der Waals surface area contributed by atoms with E-state index in [1.807, 2.05) is 45.9 Å². The van der Waals surface area contributed by atoms with E-state index in [0.29, 0.717) is 11.4 Å². The molecule has 0 saturated carbocycles. The number of hydrogen-bond donors (Lipinski definition) is 1. The minimum Gasteiger partial charge on any atom is -0.345 e. The van der Waals surface area contributed by atoms with Gasteiger partial charge in [0.1, 0.15) is 12.4 Å². The van der Waals surface area contributed by atoms with Crippen molar-refractivity contribution in [1.29, 1.82) is 0 Å². The number of nitrogens with one attached hydrogen (secondary N) is 1. The second kappa shape index (κ2) is 9.00. The van der Waals surface area contributed by atoms with Gasteiger partial charge in [-0.15, -0.1) is 0 Å². The number of imidazole rings is 1. The number of rotatable bonds is 5. The van der Waals surface area contributed by atoms with Crippen molar-refractivity contribution in [2.45, 2.75) is 45.3 Å². The Morgan fingerprint density at radius 3 is 2.67 bits per heavy atom. The van der Waals surface area contributed by atoms with E-state index in [1.165, 1.54) is 6.42 Å². The summed E-state index contributed by atoms with van der Waals surface area (Å²) in [5.41, 5.74) is 2.31. The first-order chi connectivity index (χ1) is 14.5. The van der Waals surface area contributed by atoms with Crippen LogP contribution in [0.2, 0.25) is 0 Å².